The molecule has 0 fully saturated rings. The first-order valence-electron chi connectivity index (χ1n) is 3.70. The Morgan fingerprint density at radius 1 is 1.50 bits per heavy atom. The summed E-state index contributed by atoms with van der Waals surface area (Å²) < 4.78 is 1.68. The van der Waals surface area contributed by atoms with Crippen molar-refractivity contribution in [1.29, 1.82) is 0 Å². The minimum absolute atomic E-state index is 0.787. The molecule has 0 aliphatic carbocycles. The highest BCUT2D eigenvalue weighted by Gasteiger charge is 1.97. The summed E-state index contributed by atoms with van der Waals surface area (Å²) in [6.07, 6.45) is 1.61. The molecule has 0 bridgehead atoms. The number of hydrogen-bond donors (Lipinski definition) is 0. The van der Waals surface area contributed by atoms with E-state index in [-0.39, 0.29) is 0 Å². The highest BCUT2D eigenvalue weighted by Crippen LogP contribution is 2.13. The molecule has 0 aliphatic rings. The Hall–Kier alpha value is -1.10. The lowest BCUT2D eigenvalue weighted by atomic mass is 10.6. The summed E-state index contributed by atoms with van der Waals surface area (Å²) in [4.78, 5) is 0. The van der Waals surface area contributed by atoms with E-state index in [0.717, 1.165) is 16.4 Å². The fourth-order valence-electron chi connectivity index (χ4n) is 0.936. The molecule has 5 heteroatoms. The van der Waals surface area contributed by atoms with Crippen LogP contribution in [-0.2, 0) is 0 Å². The highest BCUT2D eigenvalue weighted by atomic mass is 32.2. The van der Waals surface area contributed by atoms with Gasteiger partial charge in [-0.25, -0.2) is 0 Å². The molecule has 62 valence electrons. The SMILES string of the molecule is CCSc1ccc2nncn2n1. The smallest absolute Gasteiger partial charge is 0.177 e. The van der Waals surface area contributed by atoms with Crippen molar-refractivity contribution >= 4 is 17.4 Å². The van der Waals surface area contributed by atoms with Gasteiger partial charge in [0.1, 0.15) is 11.4 Å². The zero-order valence-corrected chi connectivity index (χ0v) is 7.45. The fourth-order valence-corrected chi connectivity index (χ4v) is 1.54. The Bertz CT molecular complexity index is 384. The topological polar surface area (TPSA) is 43.1 Å². The van der Waals surface area contributed by atoms with Crippen molar-refractivity contribution < 1.29 is 0 Å². The Balaban J connectivity index is 2.46. The minimum Gasteiger partial charge on any atom is -0.199 e. The first-order valence-corrected chi connectivity index (χ1v) is 4.68. The third-order valence-electron chi connectivity index (χ3n) is 1.43. The number of fused-ring (bicyclic) bond motifs is 1. The lowest BCUT2D eigenvalue weighted by Gasteiger charge is -1.96. The summed E-state index contributed by atoms with van der Waals surface area (Å²) in [5.41, 5.74) is 0.787. The van der Waals surface area contributed by atoms with Crippen LogP contribution in [0.4, 0.5) is 0 Å². The number of aromatic nitrogens is 4. The van der Waals surface area contributed by atoms with Gasteiger partial charge in [0.25, 0.3) is 0 Å². The number of nitrogens with zero attached hydrogens (tertiary/aromatic N) is 4. The molecule has 2 aromatic rings. The lowest BCUT2D eigenvalue weighted by Crippen LogP contribution is -1.91. The molecular weight excluding hydrogens is 172 g/mol. The average Bonchev–Trinajstić information content (AvgIpc) is 2.51. The van der Waals surface area contributed by atoms with Crippen LogP contribution in [0.3, 0.4) is 0 Å². The normalized spacial score (nSPS) is 10.8. The van der Waals surface area contributed by atoms with Gasteiger partial charge < -0.3 is 0 Å². The van der Waals surface area contributed by atoms with E-state index in [2.05, 4.69) is 22.2 Å². The molecule has 2 aromatic heterocycles. The highest BCUT2D eigenvalue weighted by molar-refractivity contribution is 7.99. The molecule has 2 heterocycles. The van der Waals surface area contributed by atoms with Crippen molar-refractivity contribution in [2.75, 3.05) is 5.75 Å². The molecule has 0 atom stereocenters. The molecule has 0 N–H and O–H groups in total. The summed E-state index contributed by atoms with van der Waals surface area (Å²) in [7, 11) is 0. The van der Waals surface area contributed by atoms with Crippen LogP contribution in [0.15, 0.2) is 23.5 Å². The van der Waals surface area contributed by atoms with E-state index in [0.29, 0.717) is 0 Å². The predicted molar refractivity (Wildman–Crippen MR) is 47.2 cm³/mol. The first-order chi connectivity index (χ1) is 5.90. The summed E-state index contributed by atoms with van der Waals surface area (Å²) in [6.45, 7) is 2.10. The number of thioether (sulfide) groups is 1. The molecule has 2 rings (SSSR count). The van der Waals surface area contributed by atoms with Gasteiger partial charge in [-0.2, -0.15) is 9.61 Å². The largest absolute Gasteiger partial charge is 0.199 e. The van der Waals surface area contributed by atoms with E-state index in [1.165, 1.54) is 0 Å². The first kappa shape index (κ1) is 7.54. The van der Waals surface area contributed by atoms with Crippen LogP contribution in [0, 0.1) is 0 Å². The molecular formula is C7H8N4S. The van der Waals surface area contributed by atoms with Crippen LogP contribution in [-0.4, -0.2) is 25.6 Å². The van der Waals surface area contributed by atoms with Crippen LogP contribution < -0.4 is 0 Å². The average molecular weight is 180 g/mol. The molecule has 0 unspecified atom stereocenters. The van der Waals surface area contributed by atoms with Gasteiger partial charge in [0, 0.05) is 0 Å². The predicted octanol–water partition coefficient (Wildman–Crippen LogP) is 1.24. The van der Waals surface area contributed by atoms with Gasteiger partial charge in [-0.05, 0) is 17.9 Å². The maximum Gasteiger partial charge on any atom is 0.177 e. The van der Waals surface area contributed by atoms with E-state index in [1.54, 1.807) is 22.6 Å². The van der Waals surface area contributed by atoms with Gasteiger partial charge in [-0.1, -0.05) is 6.92 Å². The quantitative estimate of drug-likeness (QED) is 0.652. The molecule has 4 nitrogen and oxygen atoms in total. The molecule has 0 radical (unpaired) electrons. The van der Waals surface area contributed by atoms with Crippen molar-refractivity contribution in [3.05, 3.63) is 18.5 Å². The number of rotatable bonds is 2. The van der Waals surface area contributed by atoms with E-state index in [9.17, 15) is 0 Å². The molecule has 0 saturated heterocycles. The maximum absolute atomic E-state index is 4.28. The van der Waals surface area contributed by atoms with Crippen molar-refractivity contribution in [3.63, 3.8) is 0 Å². The van der Waals surface area contributed by atoms with Crippen LogP contribution in [0.1, 0.15) is 6.92 Å². The van der Waals surface area contributed by atoms with E-state index >= 15 is 0 Å². The van der Waals surface area contributed by atoms with Crippen molar-refractivity contribution in [1.82, 2.24) is 19.8 Å². The standard InChI is InChI=1S/C7H8N4S/c1-2-12-7-4-3-6-9-8-5-11(6)10-7/h3-5H,2H2,1H3. The Morgan fingerprint density at radius 3 is 3.25 bits per heavy atom. The zero-order chi connectivity index (χ0) is 8.39. The van der Waals surface area contributed by atoms with Crippen LogP contribution >= 0.6 is 11.8 Å². The van der Waals surface area contributed by atoms with Gasteiger partial charge >= 0.3 is 0 Å². The second-order valence-corrected chi connectivity index (χ2v) is 3.52. The van der Waals surface area contributed by atoms with Crippen LogP contribution in [0.2, 0.25) is 0 Å². The molecule has 0 saturated carbocycles. The van der Waals surface area contributed by atoms with Crippen molar-refractivity contribution in [2.45, 2.75) is 11.9 Å². The Labute approximate surface area is 74.0 Å². The second-order valence-electron chi connectivity index (χ2n) is 2.24. The van der Waals surface area contributed by atoms with Crippen molar-refractivity contribution in [3.8, 4) is 0 Å². The summed E-state index contributed by atoms with van der Waals surface area (Å²) in [5.74, 6) is 1.03. The van der Waals surface area contributed by atoms with Gasteiger partial charge in [0.15, 0.2) is 5.65 Å². The summed E-state index contributed by atoms with van der Waals surface area (Å²) >= 11 is 1.71. The molecule has 12 heavy (non-hydrogen) atoms. The van der Waals surface area contributed by atoms with E-state index in [4.69, 9.17) is 0 Å². The summed E-state index contributed by atoms with van der Waals surface area (Å²) in [5, 5.41) is 12.9. The molecule has 0 aliphatic heterocycles. The van der Waals surface area contributed by atoms with E-state index < -0.39 is 0 Å². The maximum atomic E-state index is 4.28. The summed E-state index contributed by atoms with van der Waals surface area (Å²) in [6, 6.07) is 3.87. The fraction of sp³-hybridized carbons (Fsp3) is 0.286. The molecule has 0 amide bonds. The van der Waals surface area contributed by atoms with Crippen LogP contribution in [0.25, 0.3) is 5.65 Å². The monoisotopic (exact) mass is 180 g/mol. The molecule has 0 aromatic carbocycles. The van der Waals surface area contributed by atoms with Crippen molar-refractivity contribution in [2.24, 2.45) is 0 Å². The zero-order valence-electron chi connectivity index (χ0n) is 6.64. The van der Waals surface area contributed by atoms with Gasteiger partial charge in [0.2, 0.25) is 0 Å². The Kier molecular flexibility index (Phi) is 1.95. The van der Waals surface area contributed by atoms with Gasteiger partial charge in [-0.3, -0.25) is 0 Å². The molecule has 0 spiro atoms. The lowest BCUT2D eigenvalue weighted by molar-refractivity contribution is 0.853. The van der Waals surface area contributed by atoms with Crippen LogP contribution in [0.5, 0.6) is 0 Å². The minimum atomic E-state index is 0.787. The number of hydrogen-bond acceptors (Lipinski definition) is 4. The third-order valence-corrected chi connectivity index (χ3v) is 2.23. The Morgan fingerprint density at radius 2 is 2.42 bits per heavy atom. The van der Waals surface area contributed by atoms with Gasteiger partial charge in [0.05, 0.1) is 0 Å². The third kappa shape index (κ3) is 1.27. The van der Waals surface area contributed by atoms with Gasteiger partial charge in [-0.15, -0.1) is 22.0 Å². The second kappa shape index (κ2) is 3.10. The van der Waals surface area contributed by atoms with E-state index in [1.807, 2.05) is 12.1 Å².